The van der Waals surface area contributed by atoms with Gasteiger partial charge in [-0.2, -0.15) is 0 Å². The number of urea groups is 1. The molecule has 1 heterocycles. The van der Waals surface area contributed by atoms with Crippen LogP contribution >= 0.6 is 11.3 Å². The summed E-state index contributed by atoms with van der Waals surface area (Å²) in [5.41, 5.74) is 1.80. The number of aryl methyl sites for hydroxylation is 1. The molecular formula is C14H17N3O3S. The van der Waals surface area contributed by atoms with Gasteiger partial charge < -0.3 is 14.8 Å². The molecular weight excluding hydrogens is 290 g/mol. The highest BCUT2D eigenvalue weighted by Gasteiger charge is 2.07. The second-order valence-corrected chi connectivity index (χ2v) is 5.15. The van der Waals surface area contributed by atoms with Crippen LogP contribution in [0.1, 0.15) is 11.3 Å². The number of nitrogens with one attached hydrogen (secondary N) is 2. The van der Waals surface area contributed by atoms with Crippen LogP contribution in [0.2, 0.25) is 0 Å². The smallest absolute Gasteiger partial charge is 0.321 e. The number of nitrogens with zero attached hydrogens (tertiary/aromatic N) is 1. The van der Waals surface area contributed by atoms with Crippen LogP contribution in [0.25, 0.3) is 0 Å². The number of rotatable bonds is 5. The number of methoxy groups -OCH3 is 2. The number of ether oxygens (including phenoxy) is 2. The van der Waals surface area contributed by atoms with E-state index in [1.165, 1.54) is 11.3 Å². The summed E-state index contributed by atoms with van der Waals surface area (Å²) in [5, 5.41) is 7.91. The molecule has 2 aromatic rings. The molecule has 0 saturated heterocycles. The second kappa shape index (κ2) is 6.94. The number of thiazole rings is 1. The molecule has 0 fully saturated rings. The van der Waals surface area contributed by atoms with E-state index in [1.54, 1.807) is 20.3 Å². The predicted octanol–water partition coefficient (Wildman–Crippen LogP) is 2.79. The maximum Gasteiger partial charge on any atom is 0.321 e. The van der Waals surface area contributed by atoms with Gasteiger partial charge in [0.1, 0.15) is 0 Å². The summed E-state index contributed by atoms with van der Waals surface area (Å²) < 4.78 is 10.4. The molecule has 1 aromatic heterocycles. The number of amides is 2. The van der Waals surface area contributed by atoms with Crippen molar-refractivity contribution in [1.82, 2.24) is 10.3 Å². The highest BCUT2D eigenvalue weighted by Crippen LogP contribution is 2.27. The van der Waals surface area contributed by atoms with Gasteiger partial charge in [0.15, 0.2) is 16.6 Å². The van der Waals surface area contributed by atoms with E-state index >= 15 is 0 Å². The average molecular weight is 307 g/mol. The molecule has 0 aliphatic carbocycles. The Labute approximate surface area is 127 Å². The molecule has 2 rings (SSSR count). The summed E-state index contributed by atoms with van der Waals surface area (Å²) >= 11 is 1.39. The molecule has 2 amide bonds. The van der Waals surface area contributed by atoms with E-state index in [0.717, 1.165) is 11.3 Å². The van der Waals surface area contributed by atoms with Crippen LogP contribution in [-0.2, 0) is 6.54 Å². The number of benzene rings is 1. The molecule has 1 aromatic carbocycles. The van der Waals surface area contributed by atoms with Gasteiger partial charge in [-0.05, 0) is 24.6 Å². The molecule has 0 radical (unpaired) electrons. The van der Waals surface area contributed by atoms with Gasteiger partial charge in [-0.3, -0.25) is 5.32 Å². The van der Waals surface area contributed by atoms with Crippen molar-refractivity contribution < 1.29 is 14.3 Å². The molecule has 0 unspecified atom stereocenters. The summed E-state index contributed by atoms with van der Waals surface area (Å²) in [6.45, 7) is 2.26. The monoisotopic (exact) mass is 307 g/mol. The third kappa shape index (κ3) is 4.09. The summed E-state index contributed by atoms with van der Waals surface area (Å²) in [6, 6.07) is 5.21. The SMILES string of the molecule is COc1ccc(CNC(=O)Nc2nc(C)cs2)cc1OC. The fourth-order valence-electron chi connectivity index (χ4n) is 1.73. The summed E-state index contributed by atoms with van der Waals surface area (Å²) in [5.74, 6) is 1.29. The Hall–Kier alpha value is -2.28. The van der Waals surface area contributed by atoms with E-state index in [9.17, 15) is 4.79 Å². The summed E-state index contributed by atoms with van der Waals surface area (Å²) in [7, 11) is 3.16. The first-order chi connectivity index (χ1) is 10.1. The van der Waals surface area contributed by atoms with Gasteiger partial charge in [-0.1, -0.05) is 6.07 Å². The van der Waals surface area contributed by atoms with Crippen molar-refractivity contribution in [1.29, 1.82) is 0 Å². The zero-order chi connectivity index (χ0) is 15.2. The Balaban J connectivity index is 1.91. The zero-order valence-corrected chi connectivity index (χ0v) is 12.9. The van der Waals surface area contributed by atoms with E-state index in [2.05, 4.69) is 15.6 Å². The lowest BCUT2D eigenvalue weighted by Gasteiger charge is -2.10. The van der Waals surface area contributed by atoms with Gasteiger partial charge in [0, 0.05) is 11.9 Å². The molecule has 112 valence electrons. The first-order valence-corrected chi connectivity index (χ1v) is 7.18. The fourth-order valence-corrected chi connectivity index (χ4v) is 2.41. The largest absolute Gasteiger partial charge is 0.493 e. The lowest BCUT2D eigenvalue weighted by atomic mass is 10.2. The number of anilines is 1. The molecule has 7 heteroatoms. The molecule has 0 aliphatic heterocycles. The Morgan fingerprint density at radius 1 is 1.29 bits per heavy atom. The molecule has 0 atom stereocenters. The Morgan fingerprint density at radius 3 is 2.67 bits per heavy atom. The first-order valence-electron chi connectivity index (χ1n) is 6.30. The maximum absolute atomic E-state index is 11.8. The van der Waals surface area contributed by atoms with E-state index in [4.69, 9.17) is 9.47 Å². The van der Waals surface area contributed by atoms with E-state index in [-0.39, 0.29) is 6.03 Å². The minimum absolute atomic E-state index is 0.292. The third-order valence-electron chi connectivity index (χ3n) is 2.74. The van der Waals surface area contributed by atoms with Crippen molar-refractivity contribution in [3.63, 3.8) is 0 Å². The molecule has 0 bridgehead atoms. The summed E-state index contributed by atoms with van der Waals surface area (Å²) in [6.07, 6.45) is 0. The van der Waals surface area contributed by atoms with Crippen molar-refractivity contribution in [2.24, 2.45) is 0 Å². The molecule has 2 N–H and O–H groups in total. The van der Waals surface area contributed by atoms with Gasteiger partial charge >= 0.3 is 6.03 Å². The number of hydrogen-bond acceptors (Lipinski definition) is 5. The quantitative estimate of drug-likeness (QED) is 0.891. The lowest BCUT2D eigenvalue weighted by Crippen LogP contribution is -2.28. The van der Waals surface area contributed by atoms with Crippen molar-refractivity contribution in [3.8, 4) is 11.5 Å². The number of aromatic nitrogens is 1. The van der Waals surface area contributed by atoms with Crippen LogP contribution in [0.5, 0.6) is 11.5 Å². The van der Waals surface area contributed by atoms with E-state index < -0.39 is 0 Å². The molecule has 0 spiro atoms. The van der Waals surface area contributed by atoms with Crippen LogP contribution in [-0.4, -0.2) is 25.2 Å². The van der Waals surface area contributed by atoms with Crippen LogP contribution in [0.15, 0.2) is 23.6 Å². The van der Waals surface area contributed by atoms with Crippen LogP contribution in [0, 0.1) is 6.92 Å². The third-order valence-corrected chi connectivity index (χ3v) is 3.62. The van der Waals surface area contributed by atoms with E-state index in [1.807, 2.05) is 24.4 Å². The topological polar surface area (TPSA) is 72.5 Å². The zero-order valence-electron chi connectivity index (χ0n) is 12.1. The molecule has 21 heavy (non-hydrogen) atoms. The number of carbonyl (C=O) groups is 1. The van der Waals surface area contributed by atoms with Gasteiger partial charge in [0.2, 0.25) is 0 Å². The van der Waals surface area contributed by atoms with E-state index in [0.29, 0.717) is 23.2 Å². The fraction of sp³-hybridized carbons (Fsp3) is 0.286. The average Bonchev–Trinajstić information content (AvgIpc) is 2.89. The van der Waals surface area contributed by atoms with Gasteiger partial charge in [0.05, 0.1) is 19.9 Å². The summed E-state index contributed by atoms with van der Waals surface area (Å²) in [4.78, 5) is 15.9. The van der Waals surface area contributed by atoms with Gasteiger partial charge in [0.25, 0.3) is 0 Å². The van der Waals surface area contributed by atoms with Crippen molar-refractivity contribution in [3.05, 3.63) is 34.8 Å². The van der Waals surface area contributed by atoms with Crippen molar-refractivity contribution in [2.45, 2.75) is 13.5 Å². The Kier molecular flexibility index (Phi) is 4.99. The van der Waals surface area contributed by atoms with Crippen LogP contribution in [0.4, 0.5) is 9.93 Å². The van der Waals surface area contributed by atoms with Crippen molar-refractivity contribution in [2.75, 3.05) is 19.5 Å². The Morgan fingerprint density at radius 2 is 2.05 bits per heavy atom. The number of carbonyl (C=O) groups excluding carboxylic acids is 1. The second-order valence-electron chi connectivity index (χ2n) is 4.29. The first kappa shape index (κ1) is 15.1. The number of hydrogen-bond donors (Lipinski definition) is 2. The van der Waals surface area contributed by atoms with Crippen LogP contribution in [0.3, 0.4) is 0 Å². The molecule has 0 saturated carbocycles. The van der Waals surface area contributed by atoms with Gasteiger partial charge in [-0.15, -0.1) is 11.3 Å². The lowest BCUT2D eigenvalue weighted by molar-refractivity contribution is 0.251. The highest BCUT2D eigenvalue weighted by atomic mass is 32.1. The normalized spacial score (nSPS) is 10.0. The standard InChI is InChI=1S/C14H17N3O3S/c1-9-8-21-14(16-9)17-13(18)15-7-10-4-5-11(19-2)12(6-10)20-3/h4-6,8H,7H2,1-3H3,(H2,15,16,17,18). The highest BCUT2D eigenvalue weighted by molar-refractivity contribution is 7.13. The Bertz CT molecular complexity index is 628. The van der Waals surface area contributed by atoms with Crippen LogP contribution < -0.4 is 20.1 Å². The maximum atomic E-state index is 11.8. The predicted molar refractivity (Wildman–Crippen MR) is 82.3 cm³/mol. The van der Waals surface area contributed by atoms with Gasteiger partial charge in [-0.25, -0.2) is 9.78 Å². The minimum atomic E-state index is -0.292. The van der Waals surface area contributed by atoms with Crippen molar-refractivity contribution >= 4 is 22.5 Å². The molecule has 0 aliphatic rings. The molecule has 6 nitrogen and oxygen atoms in total. The minimum Gasteiger partial charge on any atom is -0.493 e.